The van der Waals surface area contributed by atoms with Gasteiger partial charge in [0.2, 0.25) is 0 Å². The van der Waals surface area contributed by atoms with Gasteiger partial charge in [-0.1, -0.05) is 6.92 Å². The summed E-state index contributed by atoms with van der Waals surface area (Å²) in [6.45, 7) is 5.47. The molecule has 0 aliphatic heterocycles. The first-order valence-electron chi connectivity index (χ1n) is 6.77. The van der Waals surface area contributed by atoms with Crippen molar-refractivity contribution in [3.63, 3.8) is 0 Å². The van der Waals surface area contributed by atoms with Crippen LogP contribution in [0, 0.1) is 13.8 Å². The fourth-order valence-electron chi connectivity index (χ4n) is 2.16. The van der Waals surface area contributed by atoms with Gasteiger partial charge in [-0.05, 0) is 20.3 Å². The third kappa shape index (κ3) is 3.18. The molecule has 7 heteroatoms. The molecule has 0 aromatic carbocycles. The molecule has 0 aliphatic carbocycles. The first-order chi connectivity index (χ1) is 9.92. The number of nitrogens with zero attached hydrogens (tertiary/aromatic N) is 3. The van der Waals surface area contributed by atoms with Crippen molar-refractivity contribution in [2.24, 2.45) is 0 Å². The molecule has 0 fully saturated rings. The maximum atomic E-state index is 12.3. The lowest BCUT2D eigenvalue weighted by Gasteiger charge is -2.15. The summed E-state index contributed by atoms with van der Waals surface area (Å²) in [7, 11) is 0. The molecule has 0 saturated heterocycles. The predicted octanol–water partition coefficient (Wildman–Crippen LogP) is 1.33. The van der Waals surface area contributed by atoms with E-state index in [9.17, 15) is 9.59 Å². The average Bonchev–Trinajstić information content (AvgIpc) is 2.79. The largest absolute Gasteiger partial charge is 0.481 e. The van der Waals surface area contributed by atoms with Gasteiger partial charge in [0.1, 0.15) is 0 Å². The van der Waals surface area contributed by atoms with E-state index in [-0.39, 0.29) is 12.3 Å². The summed E-state index contributed by atoms with van der Waals surface area (Å²) in [5.74, 6) is -1.27. The van der Waals surface area contributed by atoms with E-state index in [0.717, 1.165) is 5.69 Å². The molecule has 1 atom stereocenters. The Morgan fingerprint density at radius 1 is 1.43 bits per heavy atom. The number of aryl methyl sites for hydroxylation is 2. The van der Waals surface area contributed by atoms with Crippen LogP contribution in [0.5, 0.6) is 0 Å². The summed E-state index contributed by atoms with van der Waals surface area (Å²) >= 11 is 0. The highest BCUT2D eigenvalue weighted by molar-refractivity contribution is 5.95. The second-order valence-corrected chi connectivity index (χ2v) is 4.99. The Hall–Kier alpha value is -2.44. The van der Waals surface area contributed by atoms with Crippen LogP contribution in [-0.4, -0.2) is 37.6 Å². The molecule has 2 aromatic rings. The number of nitrogens with one attached hydrogen (secondary N) is 1. The molecule has 2 N–H and O–H groups in total. The van der Waals surface area contributed by atoms with Crippen molar-refractivity contribution in [1.82, 2.24) is 19.9 Å². The van der Waals surface area contributed by atoms with Gasteiger partial charge in [0.25, 0.3) is 5.91 Å². The summed E-state index contributed by atoms with van der Waals surface area (Å²) in [5.41, 5.74) is 2.57. The number of rotatable bonds is 5. The van der Waals surface area contributed by atoms with Gasteiger partial charge in [-0.15, -0.1) is 0 Å². The molecule has 1 unspecified atom stereocenters. The van der Waals surface area contributed by atoms with E-state index in [1.54, 1.807) is 11.4 Å². The number of carbonyl (C=O) groups is 2. The van der Waals surface area contributed by atoms with Gasteiger partial charge in [-0.25, -0.2) is 9.50 Å². The van der Waals surface area contributed by atoms with E-state index in [0.29, 0.717) is 23.3 Å². The Bertz CT molecular complexity index is 693. The van der Waals surface area contributed by atoms with Gasteiger partial charge in [-0.3, -0.25) is 9.59 Å². The SMILES string of the molecule is CCC(CC(=O)O)NC(=O)c1cnc2cc(C)nn2c1C. The zero-order valence-electron chi connectivity index (χ0n) is 12.3. The van der Waals surface area contributed by atoms with E-state index in [2.05, 4.69) is 15.4 Å². The number of carboxylic acid groups (broad SMARTS) is 1. The normalized spacial score (nSPS) is 12.3. The quantitative estimate of drug-likeness (QED) is 0.866. The Labute approximate surface area is 122 Å². The van der Waals surface area contributed by atoms with Crippen molar-refractivity contribution in [1.29, 1.82) is 0 Å². The molecule has 112 valence electrons. The predicted molar refractivity (Wildman–Crippen MR) is 76.3 cm³/mol. The van der Waals surface area contributed by atoms with Crippen LogP contribution < -0.4 is 5.32 Å². The Morgan fingerprint density at radius 3 is 2.76 bits per heavy atom. The number of aromatic nitrogens is 3. The summed E-state index contributed by atoms with van der Waals surface area (Å²) in [4.78, 5) is 27.2. The van der Waals surface area contributed by atoms with E-state index in [1.807, 2.05) is 19.9 Å². The van der Waals surface area contributed by atoms with Crippen LogP contribution in [0.25, 0.3) is 5.65 Å². The van der Waals surface area contributed by atoms with Crippen LogP contribution in [0.1, 0.15) is 41.5 Å². The fraction of sp³-hybridized carbons (Fsp3) is 0.429. The number of fused-ring (bicyclic) bond motifs is 1. The molecule has 2 heterocycles. The molecule has 2 rings (SSSR count). The number of amides is 1. The van der Waals surface area contributed by atoms with Gasteiger partial charge in [0, 0.05) is 18.3 Å². The lowest BCUT2D eigenvalue weighted by atomic mass is 10.1. The Kier molecular flexibility index (Phi) is 4.21. The van der Waals surface area contributed by atoms with Crippen molar-refractivity contribution in [2.75, 3.05) is 0 Å². The average molecular weight is 290 g/mol. The minimum absolute atomic E-state index is 0.0994. The molecule has 0 radical (unpaired) electrons. The molecule has 0 bridgehead atoms. The Morgan fingerprint density at radius 2 is 2.14 bits per heavy atom. The van der Waals surface area contributed by atoms with Crippen LogP contribution >= 0.6 is 0 Å². The lowest BCUT2D eigenvalue weighted by molar-refractivity contribution is -0.137. The van der Waals surface area contributed by atoms with Crippen LogP contribution in [0.3, 0.4) is 0 Å². The molecule has 0 spiro atoms. The minimum atomic E-state index is -0.935. The van der Waals surface area contributed by atoms with Gasteiger partial charge in [0.15, 0.2) is 5.65 Å². The van der Waals surface area contributed by atoms with Crippen LogP contribution in [0.2, 0.25) is 0 Å². The monoisotopic (exact) mass is 290 g/mol. The standard InChI is InChI=1S/C14H18N4O3/c1-4-10(6-13(19)20)16-14(21)11-7-15-12-5-8(2)17-18(12)9(11)3/h5,7,10H,4,6H2,1-3H3,(H,16,21)(H,19,20). The van der Waals surface area contributed by atoms with E-state index in [4.69, 9.17) is 5.11 Å². The number of carbonyl (C=O) groups excluding carboxylic acids is 1. The van der Waals surface area contributed by atoms with Crippen molar-refractivity contribution in [3.8, 4) is 0 Å². The van der Waals surface area contributed by atoms with Crippen LogP contribution in [0.4, 0.5) is 0 Å². The zero-order chi connectivity index (χ0) is 15.6. The second kappa shape index (κ2) is 5.90. The molecule has 1 amide bonds. The maximum Gasteiger partial charge on any atom is 0.305 e. The highest BCUT2D eigenvalue weighted by Crippen LogP contribution is 2.11. The lowest BCUT2D eigenvalue weighted by Crippen LogP contribution is -2.36. The first kappa shape index (κ1) is 15.0. The molecule has 7 nitrogen and oxygen atoms in total. The van der Waals surface area contributed by atoms with Crippen molar-refractivity contribution in [3.05, 3.63) is 29.2 Å². The number of hydrogen-bond donors (Lipinski definition) is 2. The number of hydrogen-bond acceptors (Lipinski definition) is 4. The molecule has 2 aromatic heterocycles. The van der Waals surface area contributed by atoms with Gasteiger partial charge >= 0.3 is 5.97 Å². The highest BCUT2D eigenvalue weighted by Gasteiger charge is 2.18. The minimum Gasteiger partial charge on any atom is -0.481 e. The summed E-state index contributed by atoms with van der Waals surface area (Å²) < 4.78 is 1.61. The molecular weight excluding hydrogens is 272 g/mol. The summed E-state index contributed by atoms with van der Waals surface area (Å²) in [5, 5.41) is 15.8. The third-order valence-corrected chi connectivity index (χ3v) is 3.34. The van der Waals surface area contributed by atoms with E-state index < -0.39 is 12.0 Å². The van der Waals surface area contributed by atoms with E-state index in [1.165, 1.54) is 6.20 Å². The van der Waals surface area contributed by atoms with Gasteiger partial charge in [-0.2, -0.15) is 5.10 Å². The van der Waals surface area contributed by atoms with Crippen LogP contribution in [0.15, 0.2) is 12.3 Å². The molecule has 0 aliphatic rings. The zero-order valence-corrected chi connectivity index (χ0v) is 12.3. The number of carboxylic acids is 1. The smallest absolute Gasteiger partial charge is 0.305 e. The van der Waals surface area contributed by atoms with Crippen molar-refractivity contribution in [2.45, 2.75) is 39.7 Å². The molecule has 0 saturated carbocycles. The number of aliphatic carboxylic acids is 1. The third-order valence-electron chi connectivity index (χ3n) is 3.34. The van der Waals surface area contributed by atoms with Gasteiger partial charge in [0.05, 0.1) is 23.4 Å². The van der Waals surface area contributed by atoms with Crippen LogP contribution in [-0.2, 0) is 4.79 Å². The summed E-state index contributed by atoms with van der Waals surface area (Å²) in [6.07, 6.45) is 1.94. The molecule has 21 heavy (non-hydrogen) atoms. The fourth-order valence-corrected chi connectivity index (χ4v) is 2.16. The van der Waals surface area contributed by atoms with Crippen molar-refractivity contribution < 1.29 is 14.7 Å². The summed E-state index contributed by atoms with van der Waals surface area (Å²) in [6, 6.07) is 1.43. The topological polar surface area (TPSA) is 96.6 Å². The van der Waals surface area contributed by atoms with E-state index >= 15 is 0 Å². The second-order valence-electron chi connectivity index (χ2n) is 4.99. The van der Waals surface area contributed by atoms with Crippen molar-refractivity contribution >= 4 is 17.5 Å². The Balaban J connectivity index is 2.26. The highest BCUT2D eigenvalue weighted by atomic mass is 16.4. The maximum absolute atomic E-state index is 12.3. The molecular formula is C14H18N4O3. The van der Waals surface area contributed by atoms with Gasteiger partial charge < -0.3 is 10.4 Å². The first-order valence-corrected chi connectivity index (χ1v) is 6.77.